The number of piperidine rings is 1. The van der Waals surface area contributed by atoms with Crippen LogP contribution in [0.1, 0.15) is 43.7 Å². The van der Waals surface area contributed by atoms with Crippen molar-refractivity contribution < 1.29 is 0 Å². The van der Waals surface area contributed by atoms with Crippen LogP contribution < -0.4 is 5.56 Å². The molecular formula is C22H28N2O. The third kappa shape index (κ3) is 4.93. The first-order valence-corrected chi connectivity index (χ1v) is 9.29. The zero-order valence-electron chi connectivity index (χ0n) is 15.2. The lowest BCUT2D eigenvalue weighted by atomic mass is 9.89. The van der Waals surface area contributed by atoms with Crippen LogP contribution in [0.15, 0.2) is 59.5 Å². The Labute approximate surface area is 150 Å². The van der Waals surface area contributed by atoms with Gasteiger partial charge in [0.2, 0.25) is 5.56 Å². The van der Waals surface area contributed by atoms with Gasteiger partial charge in [-0.25, -0.2) is 0 Å². The number of nitrogens with zero attached hydrogens (tertiary/aromatic N) is 1. The first-order chi connectivity index (χ1) is 12.1. The van der Waals surface area contributed by atoms with E-state index in [-0.39, 0.29) is 5.56 Å². The largest absolute Gasteiger partial charge is 0.329 e. The second kappa shape index (κ2) is 8.30. The van der Waals surface area contributed by atoms with Gasteiger partial charge >= 0.3 is 0 Å². The van der Waals surface area contributed by atoms with Crippen molar-refractivity contribution in [3.8, 4) is 0 Å². The van der Waals surface area contributed by atoms with Crippen LogP contribution in [0.3, 0.4) is 0 Å². The van der Waals surface area contributed by atoms with E-state index >= 15 is 0 Å². The summed E-state index contributed by atoms with van der Waals surface area (Å²) in [5.74, 6) is 1.05. The molecule has 25 heavy (non-hydrogen) atoms. The van der Waals surface area contributed by atoms with Crippen molar-refractivity contribution in [1.29, 1.82) is 0 Å². The second-order valence-electron chi connectivity index (χ2n) is 7.34. The fourth-order valence-electron chi connectivity index (χ4n) is 3.68. The highest BCUT2D eigenvalue weighted by Crippen LogP contribution is 2.28. The van der Waals surface area contributed by atoms with Gasteiger partial charge in [0.05, 0.1) is 0 Å². The highest BCUT2D eigenvalue weighted by molar-refractivity contribution is 5.67. The van der Waals surface area contributed by atoms with E-state index in [0.29, 0.717) is 11.8 Å². The Balaban J connectivity index is 1.65. The lowest BCUT2D eigenvalue weighted by molar-refractivity contribution is 0.235. The van der Waals surface area contributed by atoms with Crippen LogP contribution in [0.4, 0.5) is 0 Å². The summed E-state index contributed by atoms with van der Waals surface area (Å²) >= 11 is 0. The topological polar surface area (TPSA) is 36.1 Å². The maximum absolute atomic E-state index is 11.5. The molecule has 0 bridgehead atoms. The van der Waals surface area contributed by atoms with Crippen molar-refractivity contribution in [2.75, 3.05) is 19.6 Å². The molecule has 3 heteroatoms. The molecule has 0 amide bonds. The Bertz CT molecular complexity index is 753. The minimum atomic E-state index is 0.00570. The van der Waals surface area contributed by atoms with Gasteiger partial charge in [-0.2, -0.15) is 0 Å². The molecule has 2 heterocycles. The second-order valence-corrected chi connectivity index (χ2v) is 7.34. The van der Waals surface area contributed by atoms with Crippen molar-refractivity contribution in [2.24, 2.45) is 5.92 Å². The average Bonchev–Trinajstić information content (AvgIpc) is 2.62. The standard InChI is InChI=1S/C22H28N2O/c1-17(2)14-21(18-6-4-3-5-7-18)16-24-12-9-19(10-13-24)20-8-11-23-22(25)15-20/h3-8,11,14-15,17,19H,9-10,12-13,16H2,1-2H3,(H,23,25). The summed E-state index contributed by atoms with van der Waals surface area (Å²) in [5.41, 5.74) is 3.94. The number of aromatic amines is 1. The molecule has 1 fully saturated rings. The number of benzene rings is 1. The molecule has 1 aromatic carbocycles. The molecule has 2 aromatic rings. The number of nitrogens with one attached hydrogen (secondary N) is 1. The van der Waals surface area contributed by atoms with Crippen LogP contribution in [0.25, 0.3) is 5.57 Å². The Morgan fingerprint density at radius 2 is 1.92 bits per heavy atom. The minimum Gasteiger partial charge on any atom is -0.329 e. The van der Waals surface area contributed by atoms with Crippen molar-refractivity contribution in [3.05, 3.63) is 76.2 Å². The highest BCUT2D eigenvalue weighted by Gasteiger charge is 2.21. The number of pyridine rings is 1. The molecule has 0 spiro atoms. The number of rotatable bonds is 5. The lowest BCUT2D eigenvalue weighted by Gasteiger charge is -2.33. The normalized spacial score (nSPS) is 17.2. The molecule has 0 aliphatic carbocycles. The number of hydrogen-bond donors (Lipinski definition) is 1. The van der Waals surface area contributed by atoms with Gasteiger partial charge in [-0.15, -0.1) is 0 Å². The Morgan fingerprint density at radius 3 is 2.56 bits per heavy atom. The van der Waals surface area contributed by atoms with Gasteiger partial charge in [0.15, 0.2) is 0 Å². The molecule has 1 saturated heterocycles. The summed E-state index contributed by atoms with van der Waals surface area (Å²) < 4.78 is 0. The van der Waals surface area contributed by atoms with E-state index in [1.807, 2.05) is 0 Å². The Morgan fingerprint density at radius 1 is 1.20 bits per heavy atom. The van der Waals surface area contributed by atoms with Gasteiger partial charge in [0.25, 0.3) is 0 Å². The van der Waals surface area contributed by atoms with Gasteiger partial charge in [-0.3, -0.25) is 9.69 Å². The maximum Gasteiger partial charge on any atom is 0.248 e. The molecule has 132 valence electrons. The molecule has 1 N–H and O–H groups in total. The van der Waals surface area contributed by atoms with E-state index < -0.39 is 0 Å². The quantitative estimate of drug-likeness (QED) is 0.884. The minimum absolute atomic E-state index is 0.00570. The predicted octanol–water partition coefficient (Wildman–Crippen LogP) is 4.29. The van der Waals surface area contributed by atoms with Gasteiger partial charge in [-0.05, 0) is 60.5 Å². The smallest absolute Gasteiger partial charge is 0.248 e. The molecule has 0 saturated carbocycles. The highest BCUT2D eigenvalue weighted by atomic mass is 16.1. The lowest BCUT2D eigenvalue weighted by Crippen LogP contribution is -2.34. The number of aromatic nitrogens is 1. The average molecular weight is 336 g/mol. The summed E-state index contributed by atoms with van der Waals surface area (Å²) in [7, 11) is 0. The molecule has 3 rings (SSSR count). The number of hydrogen-bond acceptors (Lipinski definition) is 2. The van der Waals surface area contributed by atoms with Crippen LogP contribution >= 0.6 is 0 Å². The molecular weight excluding hydrogens is 308 g/mol. The third-order valence-corrected chi connectivity index (χ3v) is 4.93. The Hall–Kier alpha value is -2.13. The zero-order chi connectivity index (χ0) is 17.6. The first-order valence-electron chi connectivity index (χ1n) is 9.29. The molecule has 1 aromatic heterocycles. The van der Waals surface area contributed by atoms with E-state index in [4.69, 9.17) is 0 Å². The predicted molar refractivity (Wildman–Crippen MR) is 105 cm³/mol. The van der Waals surface area contributed by atoms with Crippen LogP contribution in [-0.2, 0) is 0 Å². The SMILES string of the molecule is CC(C)C=C(CN1CCC(c2cc[nH]c(=O)c2)CC1)c1ccccc1. The molecule has 0 unspecified atom stereocenters. The van der Waals surface area contributed by atoms with Crippen LogP contribution in [0.5, 0.6) is 0 Å². The van der Waals surface area contributed by atoms with E-state index in [9.17, 15) is 4.79 Å². The maximum atomic E-state index is 11.5. The summed E-state index contributed by atoms with van der Waals surface area (Å²) in [6.45, 7) is 7.65. The van der Waals surface area contributed by atoms with Gasteiger partial charge in [0, 0.05) is 18.8 Å². The molecule has 0 radical (unpaired) electrons. The van der Waals surface area contributed by atoms with Crippen molar-refractivity contribution >= 4 is 5.57 Å². The van der Waals surface area contributed by atoms with Crippen molar-refractivity contribution in [3.63, 3.8) is 0 Å². The first kappa shape index (κ1) is 17.7. The van der Waals surface area contributed by atoms with Gasteiger partial charge in [0.1, 0.15) is 0 Å². The van der Waals surface area contributed by atoms with E-state index in [1.165, 1.54) is 16.7 Å². The number of likely N-dealkylation sites (tertiary alicyclic amines) is 1. The fraction of sp³-hybridized carbons (Fsp3) is 0.409. The van der Waals surface area contributed by atoms with Crippen LogP contribution in [0, 0.1) is 5.92 Å². The summed E-state index contributed by atoms with van der Waals surface area (Å²) in [6.07, 6.45) is 6.39. The summed E-state index contributed by atoms with van der Waals surface area (Å²) in [4.78, 5) is 16.8. The summed E-state index contributed by atoms with van der Waals surface area (Å²) in [6, 6.07) is 14.5. The molecule has 0 atom stereocenters. The third-order valence-electron chi connectivity index (χ3n) is 4.93. The van der Waals surface area contributed by atoms with Crippen molar-refractivity contribution in [2.45, 2.75) is 32.6 Å². The fourth-order valence-corrected chi connectivity index (χ4v) is 3.68. The van der Waals surface area contributed by atoms with Gasteiger partial charge in [-0.1, -0.05) is 50.3 Å². The molecule has 1 aliphatic heterocycles. The van der Waals surface area contributed by atoms with Crippen molar-refractivity contribution in [1.82, 2.24) is 9.88 Å². The summed E-state index contributed by atoms with van der Waals surface area (Å²) in [5, 5.41) is 0. The van der Waals surface area contributed by atoms with E-state index in [0.717, 1.165) is 32.5 Å². The number of H-pyrrole nitrogens is 1. The number of allylic oxidation sites excluding steroid dienone is 1. The monoisotopic (exact) mass is 336 g/mol. The van der Waals surface area contributed by atoms with E-state index in [2.05, 4.69) is 66.2 Å². The Kier molecular flexibility index (Phi) is 5.87. The van der Waals surface area contributed by atoms with Crippen LogP contribution in [-0.4, -0.2) is 29.5 Å². The molecule has 3 nitrogen and oxygen atoms in total. The van der Waals surface area contributed by atoms with E-state index in [1.54, 1.807) is 12.3 Å². The zero-order valence-corrected chi connectivity index (χ0v) is 15.2. The van der Waals surface area contributed by atoms with Crippen LogP contribution in [0.2, 0.25) is 0 Å². The molecule has 1 aliphatic rings. The van der Waals surface area contributed by atoms with Gasteiger partial charge < -0.3 is 4.98 Å².